The molecule has 4 nitrogen and oxygen atoms in total. The van der Waals surface area contributed by atoms with Crippen LogP contribution in [0.4, 0.5) is 0 Å². The summed E-state index contributed by atoms with van der Waals surface area (Å²) < 4.78 is 9.63. The predicted molar refractivity (Wildman–Crippen MR) is 67.1 cm³/mol. The van der Waals surface area contributed by atoms with Crippen LogP contribution < -0.4 is 0 Å². The third-order valence-electron chi connectivity index (χ3n) is 3.40. The standard InChI is InChI=1S/C11H16O4S2/c1-6(2)10(7(3)4)8(12)14-11(15-9(10)13)16-5-17-11/h6-7H,5H2,1-4H3. The quantitative estimate of drug-likeness (QED) is 0.570. The highest BCUT2D eigenvalue weighted by Gasteiger charge is 2.64. The van der Waals surface area contributed by atoms with Gasteiger partial charge in [0.05, 0.1) is 5.08 Å². The molecule has 2 aliphatic heterocycles. The molecular formula is C11H16O4S2. The van der Waals surface area contributed by atoms with E-state index >= 15 is 0 Å². The van der Waals surface area contributed by atoms with Gasteiger partial charge in [0.25, 0.3) is 0 Å². The molecule has 0 radical (unpaired) electrons. The van der Waals surface area contributed by atoms with Gasteiger partial charge in [-0.25, -0.2) is 0 Å². The van der Waals surface area contributed by atoms with Crippen molar-refractivity contribution in [1.82, 2.24) is 0 Å². The minimum absolute atomic E-state index is 0.144. The van der Waals surface area contributed by atoms with E-state index in [-0.39, 0.29) is 11.8 Å². The van der Waals surface area contributed by atoms with Crippen LogP contribution in [0.1, 0.15) is 27.7 Å². The van der Waals surface area contributed by atoms with E-state index in [9.17, 15) is 9.59 Å². The van der Waals surface area contributed by atoms with Crippen LogP contribution in [0.5, 0.6) is 0 Å². The summed E-state index contributed by atoms with van der Waals surface area (Å²) in [5, 5.41) is 0.775. The van der Waals surface area contributed by atoms with Crippen molar-refractivity contribution < 1.29 is 19.1 Å². The van der Waals surface area contributed by atoms with E-state index in [1.165, 1.54) is 23.5 Å². The second kappa shape index (κ2) is 4.09. The van der Waals surface area contributed by atoms with Crippen LogP contribution in [-0.2, 0) is 19.1 Å². The molecule has 0 aromatic heterocycles. The van der Waals surface area contributed by atoms with Crippen molar-refractivity contribution in [2.75, 3.05) is 5.08 Å². The van der Waals surface area contributed by atoms with E-state index in [0.717, 1.165) is 5.08 Å². The van der Waals surface area contributed by atoms with Gasteiger partial charge in [0.2, 0.25) is 0 Å². The monoisotopic (exact) mass is 276 g/mol. The van der Waals surface area contributed by atoms with Crippen molar-refractivity contribution in [3.63, 3.8) is 0 Å². The number of carbonyl (C=O) groups is 2. The minimum atomic E-state index is -1.16. The number of hydrogen-bond donors (Lipinski definition) is 0. The largest absolute Gasteiger partial charge is 0.403 e. The Balaban J connectivity index is 2.35. The van der Waals surface area contributed by atoms with Crippen LogP contribution >= 0.6 is 23.5 Å². The lowest BCUT2D eigenvalue weighted by atomic mass is 9.68. The summed E-state index contributed by atoms with van der Waals surface area (Å²) in [7, 11) is 0. The number of esters is 2. The number of rotatable bonds is 2. The van der Waals surface area contributed by atoms with Gasteiger partial charge in [-0.3, -0.25) is 9.59 Å². The predicted octanol–water partition coefficient (Wildman–Crippen LogP) is 2.43. The van der Waals surface area contributed by atoms with Gasteiger partial charge < -0.3 is 9.47 Å². The fourth-order valence-electron chi connectivity index (χ4n) is 2.38. The van der Waals surface area contributed by atoms with Crippen molar-refractivity contribution in [2.45, 2.75) is 32.1 Å². The Morgan fingerprint density at radius 3 is 1.65 bits per heavy atom. The number of hydrogen-bond acceptors (Lipinski definition) is 6. The smallest absolute Gasteiger partial charge is 0.360 e. The molecule has 2 fully saturated rings. The van der Waals surface area contributed by atoms with Crippen LogP contribution in [0.25, 0.3) is 0 Å². The molecule has 2 rings (SSSR count). The van der Waals surface area contributed by atoms with Gasteiger partial charge in [-0.1, -0.05) is 27.7 Å². The summed E-state index contributed by atoms with van der Waals surface area (Å²) in [5.41, 5.74) is -1.16. The highest BCUT2D eigenvalue weighted by Crippen LogP contribution is 2.57. The fraction of sp³-hybridized carbons (Fsp3) is 0.818. The molecule has 6 heteroatoms. The third kappa shape index (κ3) is 1.68. The van der Waals surface area contributed by atoms with E-state index in [1.54, 1.807) is 0 Å². The molecule has 17 heavy (non-hydrogen) atoms. The van der Waals surface area contributed by atoms with Crippen molar-refractivity contribution in [3.05, 3.63) is 0 Å². The number of ether oxygens (including phenoxy) is 2. The lowest BCUT2D eigenvalue weighted by molar-refractivity contribution is -0.223. The Hall–Kier alpha value is -0.360. The van der Waals surface area contributed by atoms with Gasteiger partial charge in [-0.05, 0) is 35.4 Å². The zero-order valence-electron chi connectivity index (χ0n) is 10.3. The SMILES string of the molecule is CC(C)C1(C(C)C)C(=O)OC2(OC1=O)SCS2. The van der Waals surface area contributed by atoms with Gasteiger partial charge in [-0.15, -0.1) is 0 Å². The van der Waals surface area contributed by atoms with Crippen LogP contribution in [0.15, 0.2) is 0 Å². The zero-order valence-corrected chi connectivity index (χ0v) is 11.9. The summed E-state index contributed by atoms with van der Waals surface area (Å²) >= 11 is 2.67. The lowest BCUT2D eigenvalue weighted by Gasteiger charge is -2.48. The van der Waals surface area contributed by atoms with E-state index < -0.39 is 21.8 Å². The second-order valence-corrected chi connectivity index (χ2v) is 7.72. The van der Waals surface area contributed by atoms with Gasteiger partial charge >= 0.3 is 16.4 Å². The Kier molecular flexibility index (Phi) is 3.14. The Morgan fingerprint density at radius 1 is 1.00 bits per heavy atom. The summed E-state index contributed by atoms with van der Waals surface area (Å²) in [4.78, 5) is 24.5. The molecule has 0 saturated carbocycles. The summed E-state index contributed by atoms with van der Waals surface area (Å²) in [6, 6.07) is 0. The molecule has 2 saturated heterocycles. The van der Waals surface area contributed by atoms with Crippen molar-refractivity contribution in [1.29, 1.82) is 0 Å². The first-order valence-corrected chi connectivity index (χ1v) is 7.57. The number of thioether (sulfide) groups is 2. The molecule has 0 bridgehead atoms. The average molecular weight is 276 g/mol. The molecule has 0 aliphatic carbocycles. The second-order valence-electron chi connectivity index (χ2n) is 4.86. The first-order chi connectivity index (χ1) is 7.85. The van der Waals surface area contributed by atoms with Gasteiger partial charge in [0.1, 0.15) is 0 Å². The van der Waals surface area contributed by atoms with Gasteiger partial charge in [-0.2, -0.15) is 0 Å². The summed E-state index contributed by atoms with van der Waals surface area (Å²) in [6.07, 6.45) is 0. The van der Waals surface area contributed by atoms with Gasteiger partial charge in [0.15, 0.2) is 5.41 Å². The topological polar surface area (TPSA) is 52.6 Å². The molecule has 0 N–H and O–H groups in total. The molecular weight excluding hydrogens is 260 g/mol. The molecule has 2 aliphatic rings. The molecule has 0 unspecified atom stereocenters. The van der Waals surface area contributed by atoms with Crippen LogP contribution in [0.3, 0.4) is 0 Å². The summed E-state index contributed by atoms with van der Waals surface area (Å²) in [5.74, 6) is -1.18. The van der Waals surface area contributed by atoms with Crippen LogP contribution in [-0.4, -0.2) is 21.5 Å². The fourth-order valence-corrected chi connectivity index (χ4v) is 4.16. The highest BCUT2D eigenvalue weighted by molar-refractivity contribution is 8.33. The molecule has 0 atom stereocenters. The van der Waals surface area contributed by atoms with E-state index in [0.29, 0.717) is 0 Å². The highest BCUT2D eigenvalue weighted by atomic mass is 32.3. The van der Waals surface area contributed by atoms with Gasteiger partial charge in [0, 0.05) is 0 Å². The lowest BCUT2D eigenvalue weighted by Crippen LogP contribution is -2.59. The Morgan fingerprint density at radius 2 is 1.41 bits per heavy atom. The van der Waals surface area contributed by atoms with E-state index in [2.05, 4.69) is 0 Å². The Bertz CT molecular complexity index is 330. The molecule has 2 heterocycles. The normalized spacial score (nSPS) is 25.8. The molecule has 1 spiro atoms. The zero-order chi connectivity index (χ0) is 12.8. The molecule has 96 valence electrons. The van der Waals surface area contributed by atoms with E-state index in [4.69, 9.17) is 9.47 Å². The van der Waals surface area contributed by atoms with Crippen molar-refractivity contribution in [3.8, 4) is 0 Å². The molecule has 0 aromatic carbocycles. The van der Waals surface area contributed by atoms with Crippen molar-refractivity contribution in [2.24, 2.45) is 17.3 Å². The first kappa shape index (κ1) is 13.1. The molecule has 0 aromatic rings. The molecule has 0 amide bonds. The average Bonchev–Trinajstić information content (AvgIpc) is 2.13. The van der Waals surface area contributed by atoms with Crippen molar-refractivity contribution >= 4 is 35.5 Å². The first-order valence-electron chi connectivity index (χ1n) is 5.60. The van der Waals surface area contributed by atoms with Crippen LogP contribution in [0, 0.1) is 17.3 Å². The Labute approximate surface area is 109 Å². The third-order valence-corrected chi connectivity index (χ3v) is 6.09. The van der Waals surface area contributed by atoms with Crippen LogP contribution in [0.2, 0.25) is 0 Å². The maximum atomic E-state index is 12.3. The maximum Gasteiger partial charge on any atom is 0.360 e. The van der Waals surface area contributed by atoms with E-state index in [1.807, 2.05) is 27.7 Å². The minimum Gasteiger partial charge on any atom is -0.403 e. The number of carbonyl (C=O) groups excluding carboxylic acids is 2. The maximum absolute atomic E-state index is 12.3. The summed E-state index contributed by atoms with van der Waals surface area (Å²) in [6.45, 7) is 7.40.